The van der Waals surface area contributed by atoms with Gasteiger partial charge in [0.2, 0.25) is 0 Å². The third kappa shape index (κ3) is 2.83. The van der Waals surface area contributed by atoms with E-state index in [-0.39, 0.29) is 23.9 Å². The van der Waals surface area contributed by atoms with E-state index in [2.05, 4.69) is 5.32 Å². The van der Waals surface area contributed by atoms with Crippen molar-refractivity contribution in [2.75, 3.05) is 19.7 Å². The monoisotopic (exact) mass is 235 g/mol. The van der Waals surface area contributed by atoms with Crippen LogP contribution >= 0.6 is 12.4 Å². The maximum Gasteiger partial charge on any atom is 0.308 e. The van der Waals surface area contributed by atoms with E-state index in [1.807, 2.05) is 0 Å². The molecule has 0 bridgehead atoms. The Morgan fingerprint density at radius 2 is 2.00 bits per heavy atom. The van der Waals surface area contributed by atoms with Crippen molar-refractivity contribution in [1.82, 2.24) is 5.32 Å². The molecule has 0 aromatic heterocycles. The van der Waals surface area contributed by atoms with Gasteiger partial charge in [0.1, 0.15) is 0 Å². The SMILES string of the molecule is Cl.O=C(O)[C@@H]1CCC2(CCNCC2)OC1. The molecule has 15 heavy (non-hydrogen) atoms. The van der Waals surface area contributed by atoms with Gasteiger partial charge in [-0.15, -0.1) is 12.4 Å². The average Bonchev–Trinajstić information content (AvgIpc) is 2.19. The number of carboxylic acids is 1. The molecular formula is C10H18ClNO3. The minimum atomic E-state index is -0.714. The lowest BCUT2D eigenvalue weighted by Crippen LogP contribution is -2.48. The summed E-state index contributed by atoms with van der Waals surface area (Å²) in [7, 11) is 0. The highest BCUT2D eigenvalue weighted by atomic mass is 35.5. The fraction of sp³-hybridized carbons (Fsp3) is 0.900. The summed E-state index contributed by atoms with van der Waals surface area (Å²) in [6.07, 6.45) is 3.74. The van der Waals surface area contributed by atoms with E-state index in [0.717, 1.165) is 38.8 Å². The summed E-state index contributed by atoms with van der Waals surface area (Å²) < 4.78 is 5.76. The minimum absolute atomic E-state index is 0. The van der Waals surface area contributed by atoms with Crippen LogP contribution in [0, 0.1) is 5.92 Å². The van der Waals surface area contributed by atoms with Gasteiger partial charge in [-0.05, 0) is 38.8 Å². The van der Waals surface area contributed by atoms with Crippen molar-refractivity contribution in [2.24, 2.45) is 5.92 Å². The Kier molecular flexibility index (Phi) is 4.37. The predicted molar refractivity (Wildman–Crippen MR) is 58.4 cm³/mol. The van der Waals surface area contributed by atoms with Crippen molar-refractivity contribution in [3.8, 4) is 0 Å². The first-order valence-electron chi connectivity index (χ1n) is 5.29. The first-order valence-corrected chi connectivity index (χ1v) is 5.29. The van der Waals surface area contributed by atoms with Crippen molar-refractivity contribution in [3.05, 3.63) is 0 Å². The Bertz CT molecular complexity index is 219. The molecule has 0 amide bonds. The van der Waals surface area contributed by atoms with Gasteiger partial charge in [-0.2, -0.15) is 0 Å². The molecule has 1 spiro atoms. The molecule has 0 aliphatic carbocycles. The molecule has 88 valence electrons. The Morgan fingerprint density at radius 1 is 1.33 bits per heavy atom. The highest BCUT2D eigenvalue weighted by Crippen LogP contribution is 2.34. The van der Waals surface area contributed by atoms with E-state index in [1.165, 1.54) is 0 Å². The number of rotatable bonds is 1. The van der Waals surface area contributed by atoms with E-state index >= 15 is 0 Å². The smallest absolute Gasteiger partial charge is 0.308 e. The number of hydrogen-bond donors (Lipinski definition) is 2. The zero-order valence-corrected chi connectivity index (χ0v) is 9.52. The van der Waals surface area contributed by atoms with E-state index in [4.69, 9.17) is 9.84 Å². The van der Waals surface area contributed by atoms with Gasteiger partial charge < -0.3 is 15.2 Å². The second-order valence-electron chi connectivity index (χ2n) is 4.32. The standard InChI is InChI=1S/C10H17NO3.ClH/c12-9(13)8-1-2-10(14-7-8)3-5-11-6-4-10;/h8,11H,1-7H2,(H,12,13);1H/t8-;/m1./s1. The summed E-state index contributed by atoms with van der Waals surface area (Å²) in [5.41, 5.74) is -0.00278. The van der Waals surface area contributed by atoms with Gasteiger partial charge in [0, 0.05) is 0 Å². The van der Waals surface area contributed by atoms with Crippen LogP contribution in [0.1, 0.15) is 25.7 Å². The van der Waals surface area contributed by atoms with E-state index in [1.54, 1.807) is 0 Å². The second-order valence-corrected chi connectivity index (χ2v) is 4.32. The lowest BCUT2D eigenvalue weighted by Gasteiger charge is -2.42. The molecule has 0 aromatic rings. The van der Waals surface area contributed by atoms with Crippen LogP contribution in [0.2, 0.25) is 0 Å². The lowest BCUT2D eigenvalue weighted by molar-refractivity contribution is -0.158. The highest BCUT2D eigenvalue weighted by Gasteiger charge is 2.39. The van der Waals surface area contributed by atoms with Gasteiger partial charge in [-0.3, -0.25) is 4.79 Å². The summed E-state index contributed by atoms with van der Waals surface area (Å²) in [4.78, 5) is 10.7. The first-order chi connectivity index (χ1) is 6.72. The number of hydrogen-bond acceptors (Lipinski definition) is 3. The minimum Gasteiger partial charge on any atom is -0.481 e. The Balaban J connectivity index is 0.00000112. The third-order valence-corrected chi connectivity index (χ3v) is 3.40. The highest BCUT2D eigenvalue weighted by molar-refractivity contribution is 5.85. The molecule has 0 saturated carbocycles. The molecule has 2 aliphatic heterocycles. The van der Waals surface area contributed by atoms with Crippen LogP contribution < -0.4 is 5.32 Å². The predicted octanol–water partition coefficient (Wildman–Crippen LogP) is 1.04. The van der Waals surface area contributed by atoms with Gasteiger partial charge in [0.05, 0.1) is 18.1 Å². The molecule has 0 unspecified atom stereocenters. The van der Waals surface area contributed by atoms with Crippen LogP contribution in [-0.2, 0) is 9.53 Å². The van der Waals surface area contributed by atoms with Crippen molar-refractivity contribution in [2.45, 2.75) is 31.3 Å². The van der Waals surface area contributed by atoms with Gasteiger partial charge >= 0.3 is 5.97 Å². The number of halogens is 1. The summed E-state index contributed by atoms with van der Waals surface area (Å²) in [6, 6.07) is 0. The molecule has 2 rings (SSSR count). The number of carboxylic acid groups (broad SMARTS) is 1. The van der Waals surface area contributed by atoms with Crippen LogP contribution in [0.25, 0.3) is 0 Å². The maximum absolute atomic E-state index is 10.7. The molecule has 4 nitrogen and oxygen atoms in total. The molecule has 0 radical (unpaired) electrons. The Hall–Kier alpha value is -0.320. The zero-order chi connectivity index (χ0) is 10.0. The quantitative estimate of drug-likeness (QED) is 0.713. The van der Waals surface area contributed by atoms with Crippen molar-refractivity contribution >= 4 is 18.4 Å². The van der Waals surface area contributed by atoms with Crippen molar-refractivity contribution in [1.29, 1.82) is 0 Å². The number of carbonyl (C=O) groups is 1. The van der Waals surface area contributed by atoms with Gasteiger partial charge in [0.25, 0.3) is 0 Å². The van der Waals surface area contributed by atoms with Gasteiger partial charge in [-0.1, -0.05) is 0 Å². The van der Waals surface area contributed by atoms with Crippen LogP contribution in [0.3, 0.4) is 0 Å². The molecule has 2 aliphatic rings. The zero-order valence-electron chi connectivity index (χ0n) is 8.70. The number of ether oxygens (including phenoxy) is 1. The van der Waals surface area contributed by atoms with Gasteiger partial charge in [0.15, 0.2) is 0 Å². The van der Waals surface area contributed by atoms with E-state index in [9.17, 15) is 4.79 Å². The fourth-order valence-electron chi connectivity index (χ4n) is 2.34. The Morgan fingerprint density at radius 3 is 2.47 bits per heavy atom. The molecular weight excluding hydrogens is 218 g/mol. The Labute approximate surface area is 95.8 Å². The summed E-state index contributed by atoms with van der Waals surface area (Å²) in [5, 5.41) is 12.1. The fourth-order valence-corrected chi connectivity index (χ4v) is 2.34. The normalized spacial score (nSPS) is 29.5. The van der Waals surface area contributed by atoms with E-state index in [0.29, 0.717) is 6.61 Å². The molecule has 2 heterocycles. The summed E-state index contributed by atoms with van der Waals surface area (Å²) in [6.45, 7) is 2.39. The summed E-state index contributed by atoms with van der Waals surface area (Å²) in [5.74, 6) is -0.996. The number of aliphatic carboxylic acids is 1. The third-order valence-electron chi connectivity index (χ3n) is 3.40. The molecule has 2 N–H and O–H groups in total. The summed E-state index contributed by atoms with van der Waals surface area (Å²) >= 11 is 0. The van der Waals surface area contributed by atoms with Crippen molar-refractivity contribution in [3.63, 3.8) is 0 Å². The largest absolute Gasteiger partial charge is 0.481 e. The first kappa shape index (κ1) is 12.7. The molecule has 1 atom stereocenters. The average molecular weight is 236 g/mol. The van der Waals surface area contributed by atoms with E-state index < -0.39 is 5.97 Å². The lowest BCUT2D eigenvalue weighted by atomic mass is 9.82. The molecule has 0 aromatic carbocycles. The van der Waals surface area contributed by atoms with Crippen LogP contribution in [-0.4, -0.2) is 36.4 Å². The number of nitrogens with one attached hydrogen (secondary N) is 1. The van der Waals surface area contributed by atoms with Crippen molar-refractivity contribution < 1.29 is 14.6 Å². The van der Waals surface area contributed by atoms with Gasteiger partial charge in [-0.25, -0.2) is 0 Å². The van der Waals surface area contributed by atoms with Crippen LogP contribution in [0.4, 0.5) is 0 Å². The molecule has 2 saturated heterocycles. The van der Waals surface area contributed by atoms with Crippen LogP contribution in [0.5, 0.6) is 0 Å². The molecule has 2 fully saturated rings. The number of piperidine rings is 1. The topological polar surface area (TPSA) is 58.6 Å². The second kappa shape index (κ2) is 5.14. The van der Waals surface area contributed by atoms with Crippen LogP contribution in [0.15, 0.2) is 0 Å². The maximum atomic E-state index is 10.7. The molecule has 5 heteroatoms.